The average Bonchev–Trinajstić information content (AvgIpc) is 2.33. The van der Waals surface area contributed by atoms with Gasteiger partial charge >= 0.3 is 0 Å². The Morgan fingerprint density at radius 2 is 2.00 bits per heavy atom. The van der Waals surface area contributed by atoms with Gasteiger partial charge in [-0.25, -0.2) is 0 Å². The van der Waals surface area contributed by atoms with Crippen LogP contribution in [-0.2, 0) is 5.88 Å². The number of alkyl halides is 1. The maximum atomic E-state index is 6.00. The van der Waals surface area contributed by atoms with Crippen molar-refractivity contribution in [1.29, 1.82) is 0 Å². The van der Waals surface area contributed by atoms with E-state index in [4.69, 9.17) is 16.3 Å². The monoisotopic (exact) mass is 302 g/mol. The molecule has 1 aliphatic carbocycles. The molecule has 88 valence electrons. The lowest BCUT2D eigenvalue weighted by molar-refractivity contribution is 0.154. The molecule has 0 bridgehead atoms. The van der Waals surface area contributed by atoms with E-state index in [0.29, 0.717) is 12.0 Å². The molecule has 1 aliphatic rings. The lowest BCUT2D eigenvalue weighted by atomic mass is 9.98. The van der Waals surface area contributed by atoms with Crippen LogP contribution in [0.5, 0.6) is 5.75 Å². The zero-order valence-corrected chi connectivity index (χ0v) is 11.6. The number of rotatable bonds is 3. The van der Waals surface area contributed by atoms with E-state index in [2.05, 4.69) is 15.9 Å². The summed E-state index contributed by atoms with van der Waals surface area (Å²) in [7, 11) is 0. The van der Waals surface area contributed by atoms with E-state index in [1.807, 2.05) is 18.2 Å². The van der Waals surface area contributed by atoms with E-state index in [1.54, 1.807) is 0 Å². The maximum Gasteiger partial charge on any atom is 0.133 e. The van der Waals surface area contributed by atoms with Crippen LogP contribution in [0.25, 0.3) is 0 Å². The van der Waals surface area contributed by atoms with Gasteiger partial charge in [0.2, 0.25) is 0 Å². The van der Waals surface area contributed by atoms with Crippen LogP contribution in [0.4, 0.5) is 0 Å². The zero-order valence-electron chi connectivity index (χ0n) is 9.22. The Bertz CT molecular complexity index is 348. The molecule has 0 spiro atoms. The van der Waals surface area contributed by atoms with Crippen LogP contribution in [0.1, 0.15) is 37.7 Å². The first-order valence-corrected chi connectivity index (χ1v) is 7.13. The second kappa shape index (κ2) is 5.92. The van der Waals surface area contributed by atoms with Gasteiger partial charge in [-0.2, -0.15) is 0 Å². The highest BCUT2D eigenvalue weighted by Gasteiger charge is 2.15. The Kier molecular flexibility index (Phi) is 4.54. The van der Waals surface area contributed by atoms with Crippen molar-refractivity contribution in [2.75, 3.05) is 0 Å². The second-order valence-electron chi connectivity index (χ2n) is 4.28. The third-order valence-electron chi connectivity index (χ3n) is 3.00. The molecule has 1 nitrogen and oxygen atoms in total. The lowest BCUT2D eigenvalue weighted by Gasteiger charge is -2.23. The summed E-state index contributed by atoms with van der Waals surface area (Å²) in [5, 5.41) is 0. The molecule has 0 amide bonds. The fraction of sp³-hybridized carbons (Fsp3) is 0.538. The van der Waals surface area contributed by atoms with Gasteiger partial charge in [0, 0.05) is 5.88 Å². The first kappa shape index (κ1) is 12.3. The van der Waals surface area contributed by atoms with Crippen LogP contribution >= 0.6 is 27.5 Å². The first-order chi connectivity index (χ1) is 7.79. The SMILES string of the molecule is ClCc1ccc(OC2CCCCC2)c(Br)c1. The third kappa shape index (κ3) is 3.14. The summed E-state index contributed by atoms with van der Waals surface area (Å²) in [6.07, 6.45) is 6.70. The molecule has 16 heavy (non-hydrogen) atoms. The molecule has 0 aliphatic heterocycles. The normalized spacial score (nSPS) is 17.4. The third-order valence-corrected chi connectivity index (χ3v) is 3.92. The largest absolute Gasteiger partial charge is 0.489 e. The Morgan fingerprint density at radius 3 is 2.62 bits per heavy atom. The Hall–Kier alpha value is -0.210. The standard InChI is InChI=1S/C13H16BrClO/c14-12-8-10(9-15)6-7-13(12)16-11-4-2-1-3-5-11/h6-8,11H,1-5,9H2. The molecule has 0 atom stereocenters. The molecule has 1 fully saturated rings. The number of halogens is 2. The molecule has 0 unspecified atom stereocenters. The molecule has 0 saturated heterocycles. The number of hydrogen-bond acceptors (Lipinski definition) is 1. The van der Waals surface area contributed by atoms with Gasteiger partial charge in [0.1, 0.15) is 5.75 Å². The smallest absolute Gasteiger partial charge is 0.133 e. The number of ether oxygens (including phenoxy) is 1. The highest BCUT2D eigenvalue weighted by molar-refractivity contribution is 9.10. The van der Waals surface area contributed by atoms with Crippen molar-refractivity contribution in [3.63, 3.8) is 0 Å². The molecule has 0 heterocycles. The number of hydrogen-bond donors (Lipinski definition) is 0. The predicted octanol–water partition coefficient (Wildman–Crippen LogP) is 4.90. The van der Waals surface area contributed by atoms with Crippen molar-refractivity contribution in [1.82, 2.24) is 0 Å². The van der Waals surface area contributed by atoms with Gasteiger partial charge in [0.05, 0.1) is 10.6 Å². The van der Waals surface area contributed by atoms with Crippen LogP contribution in [0.3, 0.4) is 0 Å². The second-order valence-corrected chi connectivity index (χ2v) is 5.40. The van der Waals surface area contributed by atoms with Crippen molar-refractivity contribution in [2.45, 2.75) is 44.1 Å². The van der Waals surface area contributed by atoms with E-state index >= 15 is 0 Å². The summed E-state index contributed by atoms with van der Waals surface area (Å²) in [6.45, 7) is 0. The molecule has 0 radical (unpaired) electrons. The van der Waals surface area contributed by atoms with Gasteiger partial charge in [0.15, 0.2) is 0 Å². The molecule has 0 aromatic heterocycles. The van der Waals surface area contributed by atoms with Crippen LogP contribution in [0.15, 0.2) is 22.7 Å². The van der Waals surface area contributed by atoms with Crippen LogP contribution < -0.4 is 4.74 Å². The molecule has 1 saturated carbocycles. The first-order valence-electron chi connectivity index (χ1n) is 5.80. The fourth-order valence-electron chi connectivity index (χ4n) is 2.09. The highest BCUT2D eigenvalue weighted by atomic mass is 79.9. The van der Waals surface area contributed by atoms with Crippen molar-refractivity contribution in [3.8, 4) is 5.75 Å². The molecule has 0 N–H and O–H groups in total. The van der Waals surface area contributed by atoms with E-state index in [-0.39, 0.29) is 0 Å². The lowest BCUT2D eigenvalue weighted by Crippen LogP contribution is -2.19. The minimum Gasteiger partial charge on any atom is -0.489 e. The van der Waals surface area contributed by atoms with Gasteiger partial charge in [-0.05, 0) is 59.3 Å². The van der Waals surface area contributed by atoms with E-state index < -0.39 is 0 Å². The predicted molar refractivity (Wildman–Crippen MR) is 71.2 cm³/mol. The van der Waals surface area contributed by atoms with Crippen LogP contribution in [-0.4, -0.2) is 6.10 Å². The van der Waals surface area contributed by atoms with Crippen LogP contribution in [0, 0.1) is 0 Å². The molecule has 1 aromatic carbocycles. The van der Waals surface area contributed by atoms with E-state index in [1.165, 1.54) is 32.1 Å². The summed E-state index contributed by atoms with van der Waals surface area (Å²) in [5.74, 6) is 1.49. The minimum atomic E-state index is 0.395. The minimum absolute atomic E-state index is 0.395. The molecular weight excluding hydrogens is 287 g/mol. The van der Waals surface area contributed by atoms with Crippen molar-refractivity contribution in [3.05, 3.63) is 28.2 Å². The van der Waals surface area contributed by atoms with Gasteiger partial charge in [-0.3, -0.25) is 0 Å². The van der Waals surface area contributed by atoms with E-state index in [9.17, 15) is 0 Å². The summed E-state index contributed by atoms with van der Waals surface area (Å²) >= 11 is 9.31. The fourth-order valence-corrected chi connectivity index (χ4v) is 2.77. The van der Waals surface area contributed by atoms with Gasteiger partial charge in [-0.1, -0.05) is 12.5 Å². The van der Waals surface area contributed by atoms with Crippen molar-refractivity contribution in [2.24, 2.45) is 0 Å². The highest BCUT2D eigenvalue weighted by Crippen LogP contribution is 2.30. The summed E-state index contributed by atoms with van der Waals surface area (Å²) in [6, 6.07) is 6.07. The van der Waals surface area contributed by atoms with Gasteiger partial charge in [-0.15, -0.1) is 11.6 Å². The molecular formula is C13H16BrClO. The quantitative estimate of drug-likeness (QED) is 0.722. The summed E-state index contributed by atoms with van der Waals surface area (Å²) in [4.78, 5) is 0. The Morgan fingerprint density at radius 1 is 1.25 bits per heavy atom. The molecule has 1 aromatic rings. The van der Waals surface area contributed by atoms with Gasteiger partial charge < -0.3 is 4.74 Å². The summed E-state index contributed by atoms with van der Waals surface area (Å²) in [5.41, 5.74) is 1.12. The maximum absolute atomic E-state index is 6.00. The zero-order chi connectivity index (χ0) is 11.4. The molecule has 2 rings (SSSR count). The molecule has 3 heteroatoms. The van der Waals surface area contributed by atoms with E-state index in [0.717, 1.165) is 15.8 Å². The Balaban J connectivity index is 2.03. The Labute approximate surface area is 110 Å². The number of benzene rings is 1. The van der Waals surface area contributed by atoms with Crippen LogP contribution in [0.2, 0.25) is 0 Å². The van der Waals surface area contributed by atoms with Crippen molar-refractivity contribution >= 4 is 27.5 Å². The summed E-state index contributed by atoms with van der Waals surface area (Å²) < 4.78 is 7.01. The van der Waals surface area contributed by atoms with Gasteiger partial charge in [0.25, 0.3) is 0 Å². The topological polar surface area (TPSA) is 9.23 Å². The van der Waals surface area contributed by atoms with Crippen molar-refractivity contribution < 1.29 is 4.74 Å². The average molecular weight is 304 g/mol.